The molecule has 0 amide bonds. The van der Waals surface area contributed by atoms with Crippen molar-refractivity contribution in [2.75, 3.05) is 0 Å². The molecule has 0 heterocycles. The van der Waals surface area contributed by atoms with Gasteiger partial charge >= 0.3 is 11.9 Å². The number of hydrogen-bond acceptors (Lipinski definition) is 2. The summed E-state index contributed by atoms with van der Waals surface area (Å²) in [6, 6.07) is 0. The quantitative estimate of drug-likeness (QED) is 0.653. The molecule has 0 radical (unpaired) electrons. The first-order chi connectivity index (χ1) is 7.01. The van der Waals surface area contributed by atoms with Crippen LogP contribution in [0.1, 0.15) is 46.0 Å². The first kappa shape index (κ1) is 13.9. The van der Waals surface area contributed by atoms with Crippen LogP contribution in [0.2, 0.25) is 0 Å². The number of rotatable bonds is 8. The highest BCUT2D eigenvalue weighted by molar-refractivity contribution is 5.70. The molecule has 0 aromatic heterocycles. The minimum atomic E-state index is -0.839. The fourth-order valence-electron chi connectivity index (χ4n) is 1.80. The van der Waals surface area contributed by atoms with Crippen molar-refractivity contribution in [3.63, 3.8) is 0 Å². The van der Waals surface area contributed by atoms with Crippen molar-refractivity contribution in [3.8, 4) is 0 Å². The number of carboxylic acid groups (broad SMARTS) is 2. The molecule has 4 nitrogen and oxygen atoms in total. The van der Waals surface area contributed by atoms with Gasteiger partial charge in [0, 0.05) is 6.42 Å². The van der Waals surface area contributed by atoms with Crippen LogP contribution in [0.3, 0.4) is 0 Å². The smallest absolute Gasteiger partial charge is 0.306 e. The van der Waals surface area contributed by atoms with Crippen molar-refractivity contribution in [1.29, 1.82) is 0 Å². The maximum Gasteiger partial charge on any atom is 0.306 e. The molecule has 0 saturated heterocycles. The van der Waals surface area contributed by atoms with E-state index in [4.69, 9.17) is 10.2 Å². The topological polar surface area (TPSA) is 74.6 Å². The van der Waals surface area contributed by atoms with Gasteiger partial charge in [-0.1, -0.05) is 26.7 Å². The third-order valence-electron chi connectivity index (χ3n) is 2.62. The first-order valence-corrected chi connectivity index (χ1v) is 5.45. The largest absolute Gasteiger partial charge is 0.481 e. The van der Waals surface area contributed by atoms with Gasteiger partial charge in [0.15, 0.2) is 0 Å². The number of carbonyl (C=O) groups is 2. The van der Waals surface area contributed by atoms with Crippen molar-refractivity contribution in [3.05, 3.63) is 0 Å². The van der Waals surface area contributed by atoms with E-state index in [1.54, 1.807) is 0 Å². The van der Waals surface area contributed by atoms with Gasteiger partial charge in [-0.2, -0.15) is 0 Å². The Morgan fingerprint density at radius 1 is 1.20 bits per heavy atom. The monoisotopic (exact) mass is 216 g/mol. The molecule has 88 valence electrons. The Morgan fingerprint density at radius 2 is 1.80 bits per heavy atom. The molecular formula is C11H20O4. The minimum Gasteiger partial charge on any atom is -0.481 e. The molecule has 0 aromatic rings. The molecule has 0 aliphatic carbocycles. The lowest BCUT2D eigenvalue weighted by Crippen LogP contribution is -2.19. The Kier molecular flexibility index (Phi) is 6.75. The minimum absolute atomic E-state index is 0.00597. The zero-order chi connectivity index (χ0) is 11.8. The summed E-state index contributed by atoms with van der Waals surface area (Å²) in [4.78, 5) is 21.4. The second-order valence-electron chi connectivity index (χ2n) is 3.93. The molecule has 0 aliphatic rings. The second-order valence-corrected chi connectivity index (χ2v) is 3.93. The van der Waals surface area contributed by atoms with E-state index in [0.29, 0.717) is 12.8 Å². The van der Waals surface area contributed by atoms with Gasteiger partial charge in [-0.25, -0.2) is 0 Å². The molecule has 4 heteroatoms. The highest BCUT2D eigenvalue weighted by Crippen LogP contribution is 2.23. The Bertz CT molecular complexity index is 213. The lowest BCUT2D eigenvalue weighted by atomic mass is 9.87. The van der Waals surface area contributed by atoms with Crippen LogP contribution in [0, 0.1) is 11.8 Å². The number of aliphatic carboxylic acids is 2. The van der Waals surface area contributed by atoms with Crippen LogP contribution in [0.15, 0.2) is 0 Å². The standard InChI is InChI=1S/C11H20O4/c1-3-5-8(7-10(12)13)6-9(4-2)11(14)15/h8-9H,3-7H2,1-2H3,(H,12,13)(H,14,15). The maximum absolute atomic E-state index is 10.8. The van der Waals surface area contributed by atoms with Gasteiger partial charge in [0.2, 0.25) is 0 Å². The first-order valence-electron chi connectivity index (χ1n) is 5.45. The normalized spacial score (nSPS) is 14.5. The van der Waals surface area contributed by atoms with Crippen molar-refractivity contribution in [1.82, 2.24) is 0 Å². The fraction of sp³-hybridized carbons (Fsp3) is 0.818. The molecule has 0 saturated carbocycles. The van der Waals surface area contributed by atoms with Crippen molar-refractivity contribution in [2.24, 2.45) is 11.8 Å². The lowest BCUT2D eigenvalue weighted by Gasteiger charge is -2.17. The van der Waals surface area contributed by atoms with Crippen LogP contribution in [-0.2, 0) is 9.59 Å². The van der Waals surface area contributed by atoms with Crippen LogP contribution >= 0.6 is 0 Å². The number of carboxylic acids is 2. The Labute approximate surface area is 90.3 Å². The van der Waals surface area contributed by atoms with Crippen LogP contribution in [-0.4, -0.2) is 22.2 Å². The Morgan fingerprint density at radius 3 is 2.13 bits per heavy atom. The Balaban J connectivity index is 4.23. The molecular weight excluding hydrogens is 196 g/mol. The predicted octanol–water partition coefficient (Wildman–Crippen LogP) is 2.38. The van der Waals surface area contributed by atoms with Gasteiger partial charge in [-0.15, -0.1) is 0 Å². The Hall–Kier alpha value is -1.06. The summed E-state index contributed by atoms with van der Waals surface area (Å²) in [5, 5.41) is 17.6. The van der Waals surface area contributed by atoms with Gasteiger partial charge in [0.1, 0.15) is 0 Å². The fourth-order valence-corrected chi connectivity index (χ4v) is 1.80. The molecule has 0 bridgehead atoms. The van der Waals surface area contributed by atoms with E-state index < -0.39 is 17.9 Å². The van der Waals surface area contributed by atoms with E-state index in [0.717, 1.165) is 12.8 Å². The van der Waals surface area contributed by atoms with Gasteiger partial charge < -0.3 is 10.2 Å². The van der Waals surface area contributed by atoms with Gasteiger partial charge in [0.25, 0.3) is 0 Å². The molecule has 15 heavy (non-hydrogen) atoms. The molecule has 2 unspecified atom stereocenters. The van der Waals surface area contributed by atoms with E-state index in [1.807, 2.05) is 13.8 Å². The average Bonchev–Trinajstić information content (AvgIpc) is 2.12. The van der Waals surface area contributed by atoms with Crippen LogP contribution in [0.25, 0.3) is 0 Å². The zero-order valence-corrected chi connectivity index (χ0v) is 9.40. The van der Waals surface area contributed by atoms with E-state index >= 15 is 0 Å². The zero-order valence-electron chi connectivity index (χ0n) is 9.40. The molecule has 0 rings (SSSR count). The van der Waals surface area contributed by atoms with E-state index in [1.165, 1.54) is 0 Å². The molecule has 0 spiro atoms. The van der Waals surface area contributed by atoms with Gasteiger partial charge in [-0.3, -0.25) is 9.59 Å². The highest BCUT2D eigenvalue weighted by atomic mass is 16.4. The summed E-state index contributed by atoms with van der Waals surface area (Å²) >= 11 is 0. The molecule has 2 atom stereocenters. The number of hydrogen-bond donors (Lipinski definition) is 2. The summed E-state index contributed by atoms with van der Waals surface area (Å²) in [6.45, 7) is 3.80. The van der Waals surface area contributed by atoms with Gasteiger partial charge in [0.05, 0.1) is 5.92 Å². The van der Waals surface area contributed by atoms with Crippen molar-refractivity contribution in [2.45, 2.75) is 46.0 Å². The van der Waals surface area contributed by atoms with E-state index in [-0.39, 0.29) is 12.3 Å². The van der Waals surface area contributed by atoms with Gasteiger partial charge in [-0.05, 0) is 18.8 Å². The summed E-state index contributed by atoms with van der Waals surface area (Å²) in [5.41, 5.74) is 0. The lowest BCUT2D eigenvalue weighted by molar-refractivity contribution is -0.144. The third-order valence-corrected chi connectivity index (χ3v) is 2.62. The molecule has 0 fully saturated rings. The summed E-state index contributed by atoms with van der Waals surface area (Å²) < 4.78 is 0. The second kappa shape index (κ2) is 7.26. The van der Waals surface area contributed by atoms with E-state index in [9.17, 15) is 9.59 Å². The van der Waals surface area contributed by atoms with Crippen LogP contribution < -0.4 is 0 Å². The maximum atomic E-state index is 10.8. The predicted molar refractivity (Wildman–Crippen MR) is 56.7 cm³/mol. The summed E-state index contributed by atoms with van der Waals surface area (Å²) in [5.74, 6) is -2.06. The molecule has 2 N–H and O–H groups in total. The molecule has 0 aromatic carbocycles. The summed E-state index contributed by atoms with van der Waals surface area (Å²) in [7, 11) is 0. The third kappa shape index (κ3) is 6.10. The average molecular weight is 216 g/mol. The van der Waals surface area contributed by atoms with Crippen LogP contribution in [0.5, 0.6) is 0 Å². The highest BCUT2D eigenvalue weighted by Gasteiger charge is 2.22. The summed E-state index contributed by atoms with van der Waals surface area (Å²) in [6.07, 6.45) is 2.81. The van der Waals surface area contributed by atoms with Crippen LogP contribution in [0.4, 0.5) is 0 Å². The van der Waals surface area contributed by atoms with Crippen molar-refractivity contribution >= 4 is 11.9 Å². The molecule has 0 aliphatic heterocycles. The van der Waals surface area contributed by atoms with E-state index in [2.05, 4.69) is 0 Å². The van der Waals surface area contributed by atoms with Crippen molar-refractivity contribution < 1.29 is 19.8 Å². The SMILES string of the molecule is CCCC(CC(=O)O)CC(CC)C(=O)O.